The van der Waals surface area contributed by atoms with Gasteiger partial charge in [-0.2, -0.15) is 0 Å². The quantitative estimate of drug-likeness (QED) is 0.812. The fourth-order valence-corrected chi connectivity index (χ4v) is 2.08. The van der Waals surface area contributed by atoms with Crippen molar-refractivity contribution in [1.29, 1.82) is 0 Å². The van der Waals surface area contributed by atoms with Crippen LogP contribution >= 0.6 is 11.3 Å². The topological polar surface area (TPSA) is 17.0 Å². The van der Waals surface area contributed by atoms with Gasteiger partial charge in [-0.1, -0.05) is 6.07 Å². The minimum Gasteiger partial charge on any atom is -0.357 e. The van der Waals surface area contributed by atoms with E-state index in [0.717, 1.165) is 13.1 Å². The summed E-state index contributed by atoms with van der Waals surface area (Å²) < 4.78 is 2.07. The zero-order valence-corrected chi connectivity index (χ0v) is 9.05. The lowest BCUT2D eigenvalue weighted by Crippen LogP contribution is -2.11. The molecule has 0 saturated carbocycles. The molecule has 1 N–H and O–H groups in total. The van der Waals surface area contributed by atoms with Crippen LogP contribution in [0.25, 0.3) is 0 Å². The van der Waals surface area contributed by atoms with Crippen LogP contribution in [-0.4, -0.2) is 4.57 Å². The average molecular weight is 206 g/mol. The SMILES string of the molecule is Cn1ccc(CNCc2cccs2)c1. The molecule has 2 rings (SSSR count). The molecule has 0 fully saturated rings. The van der Waals surface area contributed by atoms with Crippen molar-refractivity contribution in [2.45, 2.75) is 13.1 Å². The lowest BCUT2D eigenvalue weighted by atomic mass is 10.3. The minimum atomic E-state index is 0.943. The molecule has 0 aliphatic carbocycles. The van der Waals surface area contributed by atoms with E-state index in [0.29, 0.717) is 0 Å². The van der Waals surface area contributed by atoms with Crippen molar-refractivity contribution in [2.24, 2.45) is 7.05 Å². The summed E-state index contributed by atoms with van der Waals surface area (Å²) in [5.74, 6) is 0. The number of hydrogen-bond donors (Lipinski definition) is 1. The molecular weight excluding hydrogens is 192 g/mol. The van der Waals surface area contributed by atoms with Gasteiger partial charge in [0.15, 0.2) is 0 Å². The van der Waals surface area contributed by atoms with Crippen molar-refractivity contribution in [2.75, 3.05) is 0 Å². The summed E-state index contributed by atoms with van der Waals surface area (Å²) in [6.45, 7) is 1.91. The third-order valence-electron chi connectivity index (χ3n) is 2.10. The minimum absolute atomic E-state index is 0.943. The molecule has 3 heteroatoms. The van der Waals surface area contributed by atoms with Gasteiger partial charge in [-0.15, -0.1) is 11.3 Å². The standard InChI is InChI=1S/C11H14N2S/c1-13-5-4-10(9-13)7-12-8-11-3-2-6-14-11/h2-6,9,12H,7-8H2,1H3. The van der Waals surface area contributed by atoms with Crippen LogP contribution in [0.1, 0.15) is 10.4 Å². The highest BCUT2D eigenvalue weighted by atomic mass is 32.1. The van der Waals surface area contributed by atoms with Crippen LogP contribution in [0.3, 0.4) is 0 Å². The summed E-state index contributed by atoms with van der Waals surface area (Å²) in [7, 11) is 2.04. The molecule has 2 aromatic heterocycles. The summed E-state index contributed by atoms with van der Waals surface area (Å²) in [5.41, 5.74) is 1.34. The maximum absolute atomic E-state index is 3.41. The summed E-state index contributed by atoms with van der Waals surface area (Å²) in [6.07, 6.45) is 4.21. The van der Waals surface area contributed by atoms with Gasteiger partial charge >= 0.3 is 0 Å². The Kier molecular flexibility index (Phi) is 3.01. The molecule has 2 aromatic rings. The third-order valence-corrected chi connectivity index (χ3v) is 2.98. The van der Waals surface area contributed by atoms with E-state index in [1.807, 2.05) is 7.05 Å². The first-order chi connectivity index (χ1) is 6.84. The zero-order valence-electron chi connectivity index (χ0n) is 8.23. The maximum atomic E-state index is 3.41. The predicted molar refractivity (Wildman–Crippen MR) is 60.3 cm³/mol. The van der Waals surface area contributed by atoms with Gasteiger partial charge in [0.25, 0.3) is 0 Å². The summed E-state index contributed by atoms with van der Waals surface area (Å²) in [6, 6.07) is 6.38. The highest BCUT2D eigenvalue weighted by Crippen LogP contribution is 2.08. The maximum Gasteiger partial charge on any atom is 0.0302 e. The van der Waals surface area contributed by atoms with Crippen LogP contribution in [0.5, 0.6) is 0 Å². The monoisotopic (exact) mass is 206 g/mol. The molecule has 0 saturated heterocycles. The lowest BCUT2D eigenvalue weighted by molar-refractivity contribution is 0.699. The molecule has 0 atom stereocenters. The predicted octanol–water partition coefficient (Wildman–Crippen LogP) is 2.38. The molecular formula is C11H14N2S. The van der Waals surface area contributed by atoms with Crippen LogP contribution in [0, 0.1) is 0 Å². The van der Waals surface area contributed by atoms with E-state index in [9.17, 15) is 0 Å². The van der Waals surface area contributed by atoms with Gasteiger partial charge in [0.1, 0.15) is 0 Å². The van der Waals surface area contributed by atoms with Gasteiger partial charge in [0.05, 0.1) is 0 Å². The molecule has 2 heterocycles. The molecule has 74 valence electrons. The number of nitrogens with zero attached hydrogens (tertiary/aromatic N) is 1. The smallest absolute Gasteiger partial charge is 0.0302 e. The molecule has 14 heavy (non-hydrogen) atoms. The van der Waals surface area contributed by atoms with Crippen molar-refractivity contribution in [3.8, 4) is 0 Å². The largest absolute Gasteiger partial charge is 0.357 e. The zero-order chi connectivity index (χ0) is 9.80. The van der Waals surface area contributed by atoms with Crippen LogP contribution in [0.4, 0.5) is 0 Å². The van der Waals surface area contributed by atoms with Crippen molar-refractivity contribution >= 4 is 11.3 Å². The number of rotatable bonds is 4. The van der Waals surface area contributed by atoms with Gasteiger partial charge in [0.2, 0.25) is 0 Å². The van der Waals surface area contributed by atoms with Crippen molar-refractivity contribution in [3.05, 3.63) is 46.4 Å². The van der Waals surface area contributed by atoms with Gasteiger partial charge < -0.3 is 9.88 Å². The molecule has 0 aliphatic rings. The summed E-state index contributed by atoms with van der Waals surface area (Å²) in [5, 5.41) is 5.53. The Morgan fingerprint density at radius 1 is 1.36 bits per heavy atom. The molecule has 0 unspecified atom stereocenters. The van der Waals surface area contributed by atoms with E-state index in [1.165, 1.54) is 10.4 Å². The van der Waals surface area contributed by atoms with Gasteiger partial charge in [0, 0.05) is 37.4 Å². The Hall–Kier alpha value is -1.06. The van der Waals surface area contributed by atoms with E-state index in [2.05, 4.69) is 45.9 Å². The highest BCUT2D eigenvalue weighted by Gasteiger charge is 1.95. The van der Waals surface area contributed by atoms with E-state index < -0.39 is 0 Å². The lowest BCUT2D eigenvalue weighted by Gasteiger charge is -2.00. The van der Waals surface area contributed by atoms with Crippen molar-refractivity contribution < 1.29 is 0 Å². The van der Waals surface area contributed by atoms with Crippen molar-refractivity contribution in [1.82, 2.24) is 9.88 Å². The Morgan fingerprint density at radius 2 is 2.29 bits per heavy atom. The molecule has 2 nitrogen and oxygen atoms in total. The first kappa shape index (κ1) is 9.49. The van der Waals surface area contributed by atoms with Crippen LogP contribution in [-0.2, 0) is 20.1 Å². The summed E-state index contributed by atoms with van der Waals surface area (Å²) in [4.78, 5) is 1.39. The van der Waals surface area contributed by atoms with Gasteiger partial charge in [-0.25, -0.2) is 0 Å². The van der Waals surface area contributed by atoms with E-state index >= 15 is 0 Å². The Labute approximate surface area is 88.2 Å². The molecule has 0 aromatic carbocycles. The Morgan fingerprint density at radius 3 is 2.93 bits per heavy atom. The second-order valence-corrected chi connectivity index (χ2v) is 4.40. The fourth-order valence-electron chi connectivity index (χ4n) is 1.41. The van der Waals surface area contributed by atoms with E-state index in [4.69, 9.17) is 0 Å². The third kappa shape index (κ3) is 2.47. The molecule has 0 radical (unpaired) electrons. The van der Waals surface area contributed by atoms with Crippen LogP contribution in [0.2, 0.25) is 0 Å². The number of aryl methyl sites for hydroxylation is 1. The Balaban J connectivity index is 1.78. The molecule has 0 amide bonds. The highest BCUT2D eigenvalue weighted by molar-refractivity contribution is 7.09. The number of hydrogen-bond acceptors (Lipinski definition) is 2. The second kappa shape index (κ2) is 4.44. The van der Waals surface area contributed by atoms with E-state index in [1.54, 1.807) is 11.3 Å². The summed E-state index contributed by atoms with van der Waals surface area (Å²) >= 11 is 1.80. The Bertz CT molecular complexity index is 376. The van der Waals surface area contributed by atoms with E-state index in [-0.39, 0.29) is 0 Å². The van der Waals surface area contributed by atoms with Gasteiger partial charge in [-0.3, -0.25) is 0 Å². The molecule has 0 aliphatic heterocycles. The average Bonchev–Trinajstić information content (AvgIpc) is 2.77. The first-order valence-electron chi connectivity index (χ1n) is 4.68. The molecule has 0 bridgehead atoms. The number of thiophene rings is 1. The normalized spacial score (nSPS) is 10.6. The first-order valence-corrected chi connectivity index (χ1v) is 5.56. The van der Waals surface area contributed by atoms with Gasteiger partial charge in [-0.05, 0) is 23.1 Å². The van der Waals surface area contributed by atoms with Crippen molar-refractivity contribution in [3.63, 3.8) is 0 Å². The van der Waals surface area contributed by atoms with Crippen LogP contribution < -0.4 is 5.32 Å². The fraction of sp³-hybridized carbons (Fsp3) is 0.273. The molecule has 0 spiro atoms. The number of nitrogens with one attached hydrogen (secondary N) is 1. The number of aromatic nitrogens is 1. The second-order valence-electron chi connectivity index (χ2n) is 3.37. The van der Waals surface area contributed by atoms with Crippen LogP contribution in [0.15, 0.2) is 36.0 Å².